The fourth-order valence-corrected chi connectivity index (χ4v) is 3.29. The van der Waals surface area contributed by atoms with Crippen molar-refractivity contribution in [3.8, 4) is 0 Å². The van der Waals surface area contributed by atoms with Crippen LogP contribution >= 0.6 is 0 Å². The van der Waals surface area contributed by atoms with Crippen molar-refractivity contribution in [2.75, 3.05) is 0 Å². The molecule has 1 nitrogen and oxygen atoms in total. The highest BCUT2D eigenvalue weighted by Gasteiger charge is 2.23. The third kappa shape index (κ3) is 44.4. The van der Waals surface area contributed by atoms with Gasteiger partial charge in [0.25, 0.3) is 0 Å². The van der Waals surface area contributed by atoms with E-state index in [1.54, 1.807) is 0 Å². The Hall–Kier alpha value is -0.0400. The van der Waals surface area contributed by atoms with Crippen molar-refractivity contribution in [3.05, 3.63) is 0 Å². The van der Waals surface area contributed by atoms with Gasteiger partial charge in [-0.15, -0.1) is 0 Å². The van der Waals surface area contributed by atoms with Gasteiger partial charge >= 0.3 is 0 Å². The maximum atomic E-state index is 5.95. The predicted octanol–water partition coefficient (Wildman–Crippen LogP) is 11.4. The average molecular weight is 448 g/mol. The van der Waals surface area contributed by atoms with E-state index in [0.29, 0.717) is 12.0 Å². The fourth-order valence-electron chi connectivity index (χ4n) is 3.29. The van der Waals surface area contributed by atoms with Crippen molar-refractivity contribution >= 4 is 0 Å². The molecule has 0 spiro atoms. The van der Waals surface area contributed by atoms with Gasteiger partial charge in [0.15, 0.2) is 0 Å². The summed E-state index contributed by atoms with van der Waals surface area (Å²) in [6.45, 7) is 36.8. The van der Waals surface area contributed by atoms with Crippen LogP contribution in [0.15, 0.2) is 0 Å². The molecule has 198 valence electrons. The highest BCUT2D eigenvalue weighted by molar-refractivity contribution is 4.76. The molecule has 0 aromatic heterocycles. The zero-order valence-corrected chi connectivity index (χ0v) is 26.0. The van der Waals surface area contributed by atoms with Gasteiger partial charge in [0.05, 0.1) is 0 Å². The molecule has 0 amide bonds. The monoisotopic (exact) mass is 448 g/mol. The Balaban J connectivity index is -0.0000000753. The largest absolute Gasteiger partial charge is 0.328 e. The van der Waals surface area contributed by atoms with Crippen molar-refractivity contribution in [3.63, 3.8) is 0 Å². The number of hydrogen-bond donors (Lipinski definition) is 1. The molecule has 0 aliphatic rings. The summed E-state index contributed by atoms with van der Waals surface area (Å²) in [5.41, 5.74) is 5.95. The van der Waals surface area contributed by atoms with Crippen LogP contribution in [0.2, 0.25) is 0 Å². The lowest BCUT2D eigenvalue weighted by Gasteiger charge is -2.31. The summed E-state index contributed by atoms with van der Waals surface area (Å²) in [6, 6.07) is 0.337. The van der Waals surface area contributed by atoms with Crippen LogP contribution in [0.5, 0.6) is 0 Å². The molecular weight excluding hydrogens is 374 g/mol. The highest BCUT2D eigenvalue weighted by Crippen LogP contribution is 2.29. The molecule has 0 radical (unpaired) electrons. The normalized spacial score (nSPS) is 13.2. The first-order valence-corrected chi connectivity index (χ1v) is 14.3. The van der Waals surface area contributed by atoms with Gasteiger partial charge in [-0.25, -0.2) is 0 Å². The molecular formula is C30H73N. The van der Waals surface area contributed by atoms with E-state index >= 15 is 0 Å². The van der Waals surface area contributed by atoms with Gasteiger partial charge in [-0.1, -0.05) is 156 Å². The summed E-state index contributed by atoms with van der Waals surface area (Å²) in [6.07, 6.45) is 9.37. The SMILES string of the molecule is CC.CC.CC.CC(C)CCCC(C)C.CCC.CCCC(C)C(CC)C(C)C(C)N. The highest BCUT2D eigenvalue weighted by atomic mass is 14.6. The van der Waals surface area contributed by atoms with E-state index in [0.717, 1.165) is 23.7 Å². The molecule has 1 heteroatoms. The molecule has 0 bridgehead atoms. The van der Waals surface area contributed by atoms with Crippen LogP contribution in [0.1, 0.15) is 163 Å². The van der Waals surface area contributed by atoms with Gasteiger partial charge in [-0.2, -0.15) is 0 Å². The van der Waals surface area contributed by atoms with Crippen molar-refractivity contribution < 1.29 is 0 Å². The quantitative estimate of drug-likeness (QED) is 0.354. The minimum Gasteiger partial charge on any atom is -0.328 e. The molecule has 0 heterocycles. The van der Waals surface area contributed by atoms with E-state index in [9.17, 15) is 0 Å². The average Bonchev–Trinajstić information content (AvgIpc) is 2.73. The van der Waals surface area contributed by atoms with Crippen LogP contribution in [0.3, 0.4) is 0 Å². The van der Waals surface area contributed by atoms with Gasteiger partial charge in [0.1, 0.15) is 0 Å². The fraction of sp³-hybridized carbons (Fsp3) is 1.00. The maximum absolute atomic E-state index is 5.95. The summed E-state index contributed by atoms with van der Waals surface area (Å²) in [5.74, 6) is 4.08. The molecule has 0 saturated heterocycles. The van der Waals surface area contributed by atoms with E-state index in [1.165, 1.54) is 44.9 Å². The van der Waals surface area contributed by atoms with E-state index in [4.69, 9.17) is 5.73 Å². The second-order valence-corrected chi connectivity index (χ2v) is 8.98. The third-order valence-electron chi connectivity index (χ3n) is 5.01. The molecule has 0 saturated carbocycles. The minimum absolute atomic E-state index is 0.337. The first kappa shape index (κ1) is 44.6. The first-order valence-electron chi connectivity index (χ1n) is 14.3. The summed E-state index contributed by atoms with van der Waals surface area (Å²) in [4.78, 5) is 0. The Morgan fingerprint density at radius 1 is 0.581 bits per heavy atom. The van der Waals surface area contributed by atoms with Gasteiger partial charge in [0, 0.05) is 6.04 Å². The zero-order chi connectivity index (χ0) is 26.4. The Bertz CT molecular complexity index is 225. The second kappa shape index (κ2) is 40.3. The minimum atomic E-state index is 0.337. The molecule has 0 rings (SSSR count). The van der Waals surface area contributed by atoms with Gasteiger partial charge in [0.2, 0.25) is 0 Å². The van der Waals surface area contributed by atoms with Crippen LogP contribution < -0.4 is 5.73 Å². The zero-order valence-electron chi connectivity index (χ0n) is 26.0. The van der Waals surface area contributed by atoms with Gasteiger partial charge < -0.3 is 5.73 Å². The predicted molar refractivity (Wildman–Crippen MR) is 154 cm³/mol. The van der Waals surface area contributed by atoms with Crippen LogP contribution in [-0.4, -0.2) is 6.04 Å². The van der Waals surface area contributed by atoms with Crippen LogP contribution in [0.25, 0.3) is 0 Å². The molecule has 0 fully saturated rings. The Morgan fingerprint density at radius 3 is 1.10 bits per heavy atom. The van der Waals surface area contributed by atoms with Crippen molar-refractivity contribution in [1.82, 2.24) is 0 Å². The molecule has 0 aliphatic heterocycles. The van der Waals surface area contributed by atoms with Gasteiger partial charge in [-0.05, 0) is 36.5 Å². The second-order valence-electron chi connectivity index (χ2n) is 8.98. The van der Waals surface area contributed by atoms with Crippen LogP contribution in [0.4, 0.5) is 0 Å². The Morgan fingerprint density at radius 2 is 0.903 bits per heavy atom. The first-order chi connectivity index (χ1) is 14.6. The smallest absolute Gasteiger partial charge is 0.00388 e. The molecule has 0 aromatic rings. The van der Waals surface area contributed by atoms with E-state index < -0.39 is 0 Å². The molecule has 0 aliphatic carbocycles. The summed E-state index contributed by atoms with van der Waals surface area (Å²) in [5, 5.41) is 0. The summed E-state index contributed by atoms with van der Waals surface area (Å²) >= 11 is 0. The molecule has 4 unspecified atom stereocenters. The van der Waals surface area contributed by atoms with E-state index in [1.807, 2.05) is 41.5 Å². The van der Waals surface area contributed by atoms with E-state index in [-0.39, 0.29) is 0 Å². The number of nitrogens with two attached hydrogens (primary N) is 1. The number of rotatable bonds is 10. The summed E-state index contributed by atoms with van der Waals surface area (Å²) in [7, 11) is 0. The third-order valence-corrected chi connectivity index (χ3v) is 5.01. The standard InChI is InChI=1S/C12H27N.C9H20.C3H8.3C2H6/c1-6-8-9(3)12(7-2)10(4)11(5)13;1-8(2)6-5-7-9(3)4;1-3-2;3*1-2/h9-12H,6-8,13H2,1-5H3;8-9H,5-7H2,1-4H3;3H2,1-2H3;3*1-2H3. The lowest BCUT2D eigenvalue weighted by molar-refractivity contribution is 0.212. The lowest BCUT2D eigenvalue weighted by Crippen LogP contribution is -2.33. The van der Waals surface area contributed by atoms with Crippen molar-refractivity contribution in [1.29, 1.82) is 0 Å². The molecule has 0 aromatic carbocycles. The molecule has 2 N–H and O–H groups in total. The van der Waals surface area contributed by atoms with Crippen molar-refractivity contribution in [2.24, 2.45) is 35.3 Å². The van der Waals surface area contributed by atoms with Crippen molar-refractivity contribution in [2.45, 2.75) is 169 Å². The maximum Gasteiger partial charge on any atom is 0.00388 e. The molecule has 31 heavy (non-hydrogen) atoms. The van der Waals surface area contributed by atoms with Crippen LogP contribution in [0, 0.1) is 29.6 Å². The van der Waals surface area contributed by atoms with Gasteiger partial charge in [-0.3, -0.25) is 0 Å². The summed E-state index contributed by atoms with van der Waals surface area (Å²) < 4.78 is 0. The Kier molecular flexibility index (Phi) is 58.0. The topological polar surface area (TPSA) is 26.0 Å². The van der Waals surface area contributed by atoms with E-state index in [2.05, 4.69) is 76.2 Å². The molecule has 4 atom stereocenters. The van der Waals surface area contributed by atoms with Crippen LogP contribution in [-0.2, 0) is 0 Å². The Labute approximate surface area is 204 Å². The number of hydrogen-bond acceptors (Lipinski definition) is 1. The lowest BCUT2D eigenvalue weighted by atomic mass is 9.77.